The second kappa shape index (κ2) is 8.03. The molecule has 2 atom stereocenters. The first kappa shape index (κ1) is 18.8. The molecule has 0 bridgehead atoms. The molecule has 1 saturated heterocycles. The molecule has 24 heavy (non-hydrogen) atoms. The van der Waals surface area contributed by atoms with Crippen molar-refractivity contribution < 1.29 is 18.7 Å². The van der Waals surface area contributed by atoms with Gasteiger partial charge >= 0.3 is 6.03 Å². The Bertz CT molecular complexity index is 541. The molecule has 6 nitrogen and oxygen atoms in total. The largest absolute Gasteiger partial charge is 0.464 e. The van der Waals surface area contributed by atoms with E-state index in [0.29, 0.717) is 19.8 Å². The maximum absolute atomic E-state index is 12.7. The topological polar surface area (TPSA) is 63.9 Å². The summed E-state index contributed by atoms with van der Waals surface area (Å²) in [6.45, 7) is 9.63. The van der Waals surface area contributed by atoms with E-state index in [0.717, 1.165) is 24.4 Å². The Balaban J connectivity index is 2.02. The van der Waals surface area contributed by atoms with Crippen LogP contribution in [0.4, 0.5) is 4.79 Å². The molecule has 1 aliphatic heterocycles. The third-order valence-electron chi connectivity index (χ3n) is 4.47. The Morgan fingerprint density at radius 3 is 2.88 bits per heavy atom. The number of urea groups is 1. The van der Waals surface area contributed by atoms with Gasteiger partial charge < -0.3 is 24.1 Å². The maximum Gasteiger partial charge on any atom is 0.318 e. The van der Waals surface area contributed by atoms with Gasteiger partial charge in [0, 0.05) is 26.1 Å². The average Bonchev–Trinajstić information content (AvgIpc) is 3.03. The number of hydrogen-bond acceptors (Lipinski definition) is 4. The molecule has 1 aromatic heterocycles. The van der Waals surface area contributed by atoms with Crippen LogP contribution in [0.25, 0.3) is 0 Å². The van der Waals surface area contributed by atoms with Crippen molar-refractivity contribution in [3.63, 3.8) is 0 Å². The summed E-state index contributed by atoms with van der Waals surface area (Å²) in [4.78, 5) is 14.5. The van der Waals surface area contributed by atoms with E-state index in [-0.39, 0.29) is 23.7 Å². The number of carbonyl (C=O) groups excluding carboxylic acids is 1. The van der Waals surface area contributed by atoms with Gasteiger partial charge in [-0.1, -0.05) is 6.92 Å². The Morgan fingerprint density at radius 2 is 2.25 bits per heavy atom. The zero-order chi connectivity index (χ0) is 17.7. The third-order valence-corrected chi connectivity index (χ3v) is 4.47. The molecule has 0 aromatic carbocycles. The third kappa shape index (κ3) is 4.74. The van der Waals surface area contributed by atoms with Crippen LogP contribution in [0.3, 0.4) is 0 Å². The first-order valence-corrected chi connectivity index (χ1v) is 8.65. The molecular formula is C18H30N2O4. The SMILES string of the molecule is CCc1ccc([C@@H]2COCCN2C(=O)N[C@H](C)CC(C)(C)OC)o1. The first-order valence-electron chi connectivity index (χ1n) is 8.65. The van der Waals surface area contributed by atoms with Crippen molar-refractivity contribution >= 4 is 6.03 Å². The smallest absolute Gasteiger partial charge is 0.318 e. The van der Waals surface area contributed by atoms with Gasteiger partial charge in [0.15, 0.2) is 0 Å². The molecule has 2 rings (SSSR count). The molecular weight excluding hydrogens is 308 g/mol. The summed E-state index contributed by atoms with van der Waals surface area (Å²) in [5.41, 5.74) is -0.270. The second-order valence-corrected chi connectivity index (χ2v) is 6.96. The summed E-state index contributed by atoms with van der Waals surface area (Å²) < 4.78 is 16.8. The van der Waals surface area contributed by atoms with E-state index < -0.39 is 0 Å². The van der Waals surface area contributed by atoms with Crippen LogP contribution in [-0.2, 0) is 15.9 Å². The minimum Gasteiger partial charge on any atom is -0.464 e. The fourth-order valence-electron chi connectivity index (χ4n) is 3.01. The van der Waals surface area contributed by atoms with Crippen LogP contribution < -0.4 is 5.32 Å². The van der Waals surface area contributed by atoms with Crippen molar-refractivity contribution in [1.82, 2.24) is 10.2 Å². The predicted octanol–water partition coefficient (Wildman–Crippen LogP) is 3.13. The number of rotatable bonds is 6. The van der Waals surface area contributed by atoms with Crippen molar-refractivity contribution in [2.45, 2.75) is 58.2 Å². The molecule has 0 aliphatic carbocycles. The molecule has 1 aromatic rings. The van der Waals surface area contributed by atoms with E-state index in [1.54, 1.807) is 12.0 Å². The number of furan rings is 1. The number of amides is 2. The normalized spacial score (nSPS) is 20.0. The molecule has 0 unspecified atom stereocenters. The maximum atomic E-state index is 12.7. The van der Waals surface area contributed by atoms with E-state index >= 15 is 0 Å². The van der Waals surface area contributed by atoms with Crippen LogP contribution in [0, 0.1) is 0 Å². The van der Waals surface area contributed by atoms with Crippen molar-refractivity contribution in [3.8, 4) is 0 Å². The highest BCUT2D eigenvalue weighted by molar-refractivity contribution is 5.75. The zero-order valence-corrected chi connectivity index (χ0v) is 15.4. The lowest BCUT2D eigenvalue weighted by Gasteiger charge is -2.36. The van der Waals surface area contributed by atoms with Crippen molar-refractivity contribution in [2.24, 2.45) is 0 Å². The van der Waals surface area contributed by atoms with Gasteiger partial charge in [0.2, 0.25) is 0 Å². The molecule has 2 amide bonds. The monoisotopic (exact) mass is 338 g/mol. The van der Waals surface area contributed by atoms with Crippen LogP contribution in [0.1, 0.15) is 51.7 Å². The molecule has 1 fully saturated rings. The molecule has 136 valence electrons. The predicted molar refractivity (Wildman–Crippen MR) is 92.1 cm³/mol. The van der Waals surface area contributed by atoms with Gasteiger partial charge in [-0.05, 0) is 39.3 Å². The van der Waals surface area contributed by atoms with Gasteiger partial charge in [-0.3, -0.25) is 0 Å². The van der Waals surface area contributed by atoms with Crippen LogP contribution >= 0.6 is 0 Å². The summed E-state index contributed by atoms with van der Waals surface area (Å²) in [6, 6.07) is 3.65. The second-order valence-electron chi connectivity index (χ2n) is 6.96. The van der Waals surface area contributed by atoms with E-state index in [4.69, 9.17) is 13.9 Å². The van der Waals surface area contributed by atoms with E-state index in [9.17, 15) is 4.79 Å². The highest BCUT2D eigenvalue weighted by Gasteiger charge is 2.32. The summed E-state index contributed by atoms with van der Waals surface area (Å²) in [6.07, 6.45) is 1.58. The molecule has 6 heteroatoms. The minimum atomic E-state index is -0.270. The van der Waals surface area contributed by atoms with Crippen molar-refractivity contribution in [2.75, 3.05) is 26.9 Å². The van der Waals surface area contributed by atoms with Gasteiger partial charge in [0.05, 0.1) is 18.8 Å². The number of ether oxygens (including phenoxy) is 2. The van der Waals surface area contributed by atoms with Crippen LogP contribution in [0.2, 0.25) is 0 Å². The van der Waals surface area contributed by atoms with Crippen molar-refractivity contribution in [1.29, 1.82) is 0 Å². The fourth-order valence-corrected chi connectivity index (χ4v) is 3.01. The number of methoxy groups -OCH3 is 1. The van der Waals surface area contributed by atoms with Crippen LogP contribution in [0.15, 0.2) is 16.5 Å². The number of morpholine rings is 1. The molecule has 2 heterocycles. The van der Waals surface area contributed by atoms with Crippen LogP contribution in [0.5, 0.6) is 0 Å². The number of nitrogens with zero attached hydrogens (tertiary/aromatic N) is 1. The standard InChI is InChI=1S/C18H30N2O4/c1-6-14-7-8-16(24-14)15-12-23-10-9-20(15)17(21)19-13(2)11-18(3,4)22-5/h7-8,13,15H,6,9-12H2,1-5H3,(H,19,21)/t13-,15+/m1/s1. The van der Waals surface area contributed by atoms with Gasteiger partial charge in [-0.15, -0.1) is 0 Å². The molecule has 0 spiro atoms. The van der Waals surface area contributed by atoms with Gasteiger partial charge in [0.1, 0.15) is 17.6 Å². The lowest BCUT2D eigenvalue weighted by atomic mass is 10.00. The Hall–Kier alpha value is -1.53. The van der Waals surface area contributed by atoms with Gasteiger partial charge in [-0.2, -0.15) is 0 Å². The first-order chi connectivity index (χ1) is 11.4. The highest BCUT2D eigenvalue weighted by Crippen LogP contribution is 2.26. The van der Waals surface area contributed by atoms with E-state index in [1.807, 2.05) is 39.8 Å². The summed E-state index contributed by atoms with van der Waals surface area (Å²) >= 11 is 0. The quantitative estimate of drug-likeness (QED) is 0.865. The Morgan fingerprint density at radius 1 is 1.50 bits per heavy atom. The van der Waals surface area contributed by atoms with Gasteiger partial charge in [-0.25, -0.2) is 4.79 Å². The summed E-state index contributed by atoms with van der Waals surface area (Å²) in [7, 11) is 1.69. The minimum absolute atomic E-state index is 0.0127. The van der Waals surface area contributed by atoms with Gasteiger partial charge in [0.25, 0.3) is 0 Å². The molecule has 0 radical (unpaired) electrons. The Labute approximate surface area is 144 Å². The molecule has 1 N–H and O–H groups in total. The average molecular weight is 338 g/mol. The lowest BCUT2D eigenvalue weighted by molar-refractivity contribution is -0.00170. The highest BCUT2D eigenvalue weighted by atomic mass is 16.5. The fraction of sp³-hybridized carbons (Fsp3) is 0.722. The summed E-state index contributed by atoms with van der Waals surface area (Å²) in [5, 5.41) is 3.07. The zero-order valence-electron chi connectivity index (χ0n) is 15.4. The number of hydrogen-bond donors (Lipinski definition) is 1. The lowest BCUT2D eigenvalue weighted by Crippen LogP contribution is -2.51. The van der Waals surface area contributed by atoms with E-state index in [1.165, 1.54) is 0 Å². The number of aryl methyl sites for hydroxylation is 1. The molecule has 1 aliphatic rings. The van der Waals surface area contributed by atoms with Crippen molar-refractivity contribution in [3.05, 3.63) is 23.7 Å². The molecule has 0 saturated carbocycles. The Kier molecular flexibility index (Phi) is 6.29. The number of carbonyl (C=O) groups is 1. The van der Waals surface area contributed by atoms with E-state index in [2.05, 4.69) is 5.32 Å². The number of nitrogens with one attached hydrogen (secondary N) is 1. The van der Waals surface area contributed by atoms with Crippen LogP contribution in [-0.4, -0.2) is 49.4 Å². The summed E-state index contributed by atoms with van der Waals surface area (Å²) in [5.74, 6) is 1.71.